The minimum atomic E-state index is -4.40. The fraction of sp³-hybridized carbons (Fsp3) is 0.143. The summed E-state index contributed by atoms with van der Waals surface area (Å²) in [6.07, 6.45) is -2.73. The smallest absolute Gasteiger partial charge is 0.416 e. The number of nitrogens with zero attached hydrogens (tertiary/aromatic N) is 3. The van der Waals surface area contributed by atoms with Crippen LogP contribution >= 0.6 is 0 Å². The van der Waals surface area contributed by atoms with Gasteiger partial charge in [-0.1, -0.05) is 6.07 Å². The highest BCUT2D eigenvalue weighted by molar-refractivity contribution is 5.51. The van der Waals surface area contributed by atoms with Crippen LogP contribution in [0.4, 0.5) is 18.9 Å². The van der Waals surface area contributed by atoms with E-state index in [1.807, 2.05) is 0 Å². The van der Waals surface area contributed by atoms with Crippen molar-refractivity contribution in [3.05, 3.63) is 54.0 Å². The molecule has 0 aliphatic carbocycles. The van der Waals surface area contributed by atoms with Crippen LogP contribution in [0.3, 0.4) is 0 Å². The zero-order valence-corrected chi connectivity index (χ0v) is 11.2. The van der Waals surface area contributed by atoms with Crippen molar-refractivity contribution in [3.63, 3.8) is 0 Å². The van der Waals surface area contributed by atoms with Gasteiger partial charge in [-0.25, -0.2) is 0 Å². The first kappa shape index (κ1) is 14.2. The van der Waals surface area contributed by atoms with Crippen molar-refractivity contribution in [2.24, 2.45) is 0 Å². The van der Waals surface area contributed by atoms with Crippen molar-refractivity contribution >= 4 is 11.3 Å². The molecular weight excluding hydrogens is 297 g/mol. The molecule has 0 unspecified atom stereocenters. The summed E-state index contributed by atoms with van der Waals surface area (Å²) in [7, 11) is 0. The van der Waals surface area contributed by atoms with E-state index in [2.05, 4.69) is 10.2 Å². The third kappa shape index (κ3) is 2.80. The predicted octanol–water partition coefficient (Wildman–Crippen LogP) is 2.91. The highest BCUT2D eigenvalue weighted by Gasteiger charge is 2.30. The van der Waals surface area contributed by atoms with Crippen LogP contribution in [-0.4, -0.2) is 14.6 Å². The highest BCUT2D eigenvalue weighted by atomic mass is 19.4. The van der Waals surface area contributed by atoms with E-state index < -0.39 is 11.7 Å². The third-order valence-electron chi connectivity index (χ3n) is 3.03. The molecule has 0 aliphatic rings. The lowest BCUT2D eigenvalue weighted by molar-refractivity contribution is -0.137. The summed E-state index contributed by atoms with van der Waals surface area (Å²) in [5.41, 5.74) is 5.97. The molecule has 0 radical (unpaired) electrons. The zero-order chi connectivity index (χ0) is 15.7. The zero-order valence-electron chi connectivity index (χ0n) is 11.2. The number of rotatable bonds is 3. The summed E-state index contributed by atoms with van der Waals surface area (Å²) < 4.78 is 44.9. The standard InChI is InChI=1S/C14H11F3N4O/c15-14(16,17)9-2-1-3-11(6-9)22-8-13-20-19-12-7-10(18)4-5-21(12)13/h1-7H,8,18H2. The molecule has 0 fully saturated rings. The van der Waals surface area contributed by atoms with Crippen molar-refractivity contribution in [2.45, 2.75) is 12.8 Å². The normalized spacial score (nSPS) is 11.8. The number of alkyl halides is 3. The van der Waals surface area contributed by atoms with E-state index in [4.69, 9.17) is 10.5 Å². The molecule has 0 amide bonds. The third-order valence-corrected chi connectivity index (χ3v) is 3.03. The minimum absolute atomic E-state index is 0.00754. The van der Waals surface area contributed by atoms with Gasteiger partial charge in [0, 0.05) is 18.0 Å². The second-order valence-electron chi connectivity index (χ2n) is 4.62. The van der Waals surface area contributed by atoms with Gasteiger partial charge >= 0.3 is 6.18 Å². The van der Waals surface area contributed by atoms with Crippen molar-refractivity contribution < 1.29 is 17.9 Å². The maximum atomic E-state index is 12.6. The van der Waals surface area contributed by atoms with Crippen LogP contribution < -0.4 is 10.5 Å². The van der Waals surface area contributed by atoms with E-state index in [1.165, 1.54) is 12.1 Å². The van der Waals surface area contributed by atoms with Crippen LogP contribution in [0.5, 0.6) is 5.75 Å². The number of anilines is 1. The quantitative estimate of drug-likeness (QED) is 0.808. The van der Waals surface area contributed by atoms with Gasteiger partial charge in [-0.05, 0) is 24.3 Å². The second-order valence-corrected chi connectivity index (χ2v) is 4.62. The molecule has 0 saturated heterocycles. The van der Waals surface area contributed by atoms with Crippen molar-refractivity contribution in [1.29, 1.82) is 0 Å². The van der Waals surface area contributed by atoms with Gasteiger partial charge in [-0.15, -0.1) is 10.2 Å². The molecule has 2 N–H and O–H groups in total. The fourth-order valence-electron chi connectivity index (χ4n) is 1.96. The number of halogens is 3. The first-order valence-corrected chi connectivity index (χ1v) is 6.33. The molecule has 2 heterocycles. The van der Waals surface area contributed by atoms with Crippen LogP contribution in [-0.2, 0) is 12.8 Å². The molecule has 1 aromatic carbocycles. The fourth-order valence-corrected chi connectivity index (χ4v) is 1.96. The number of fused-ring (bicyclic) bond motifs is 1. The van der Waals surface area contributed by atoms with E-state index >= 15 is 0 Å². The van der Waals surface area contributed by atoms with Gasteiger partial charge in [0.05, 0.1) is 5.56 Å². The van der Waals surface area contributed by atoms with E-state index in [-0.39, 0.29) is 12.4 Å². The van der Waals surface area contributed by atoms with E-state index in [9.17, 15) is 13.2 Å². The number of ether oxygens (including phenoxy) is 1. The Hall–Kier alpha value is -2.77. The number of aromatic nitrogens is 3. The summed E-state index contributed by atoms with van der Waals surface area (Å²) in [6.45, 7) is -0.00754. The molecule has 0 saturated carbocycles. The molecular formula is C14H11F3N4O. The maximum Gasteiger partial charge on any atom is 0.416 e. The number of hydrogen-bond donors (Lipinski definition) is 1. The SMILES string of the molecule is Nc1ccn2c(COc3cccc(C(F)(F)F)c3)nnc2c1. The maximum absolute atomic E-state index is 12.6. The number of hydrogen-bond acceptors (Lipinski definition) is 4. The molecule has 3 rings (SSSR count). The Bertz CT molecular complexity index is 813. The number of pyridine rings is 1. The summed E-state index contributed by atoms with van der Waals surface area (Å²) in [5, 5.41) is 7.85. The van der Waals surface area contributed by atoms with E-state index in [0.717, 1.165) is 12.1 Å². The van der Waals surface area contributed by atoms with Gasteiger partial charge in [0.15, 0.2) is 11.5 Å². The molecule has 0 spiro atoms. The highest BCUT2D eigenvalue weighted by Crippen LogP contribution is 2.31. The molecule has 8 heteroatoms. The lowest BCUT2D eigenvalue weighted by Gasteiger charge is -2.09. The van der Waals surface area contributed by atoms with E-state index in [1.54, 1.807) is 22.7 Å². The average molecular weight is 308 g/mol. The molecule has 114 valence electrons. The van der Waals surface area contributed by atoms with Crippen LogP contribution in [0.1, 0.15) is 11.4 Å². The molecule has 5 nitrogen and oxygen atoms in total. The Morgan fingerprint density at radius 3 is 2.73 bits per heavy atom. The lowest BCUT2D eigenvalue weighted by Crippen LogP contribution is -2.06. The lowest BCUT2D eigenvalue weighted by atomic mass is 10.2. The Labute approximate surface area is 123 Å². The molecule has 0 bridgehead atoms. The van der Waals surface area contributed by atoms with Crippen LogP contribution in [0.25, 0.3) is 5.65 Å². The summed E-state index contributed by atoms with van der Waals surface area (Å²) in [6, 6.07) is 7.99. The first-order chi connectivity index (χ1) is 10.4. The van der Waals surface area contributed by atoms with Gasteiger partial charge in [-0.2, -0.15) is 13.2 Å². The second kappa shape index (κ2) is 5.21. The monoisotopic (exact) mass is 308 g/mol. The summed E-state index contributed by atoms with van der Waals surface area (Å²) in [4.78, 5) is 0. The summed E-state index contributed by atoms with van der Waals surface area (Å²) in [5.74, 6) is 0.578. The average Bonchev–Trinajstić information content (AvgIpc) is 2.86. The molecule has 2 aromatic heterocycles. The molecule has 0 atom stereocenters. The number of nitrogens with two attached hydrogens (primary N) is 1. The Balaban J connectivity index is 1.80. The topological polar surface area (TPSA) is 65.4 Å². The van der Waals surface area contributed by atoms with Crippen LogP contribution in [0, 0.1) is 0 Å². The Morgan fingerprint density at radius 2 is 1.95 bits per heavy atom. The Morgan fingerprint density at radius 1 is 1.14 bits per heavy atom. The summed E-state index contributed by atoms with van der Waals surface area (Å²) >= 11 is 0. The van der Waals surface area contributed by atoms with Crippen LogP contribution in [0.2, 0.25) is 0 Å². The largest absolute Gasteiger partial charge is 0.486 e. The minimum Gasteiger partial charge on any atom is -0.486 e. The van der Waals surface area contributed by atoms with Gasteiger partial charge in [0.25, 0.3) is 0 Å². The van der Waals surface area contributed by atoms with Gasteiger partial charge in [-0.3, -0.25) is 4.40 Å². The molecule has 0 aliphatic heterocycles. The van der Waals surface area contributed by atoms with Crippen molar-refractivity contribution in [2.75, 3.05) is 5.73 Å². The van der Waals surface area contributed by atoms with Crippen molar-refractivity contribution in [3.8, 4) is 5.75 Å². The van der Waals surface area contributed by atoms with Gasteiger partial charge in [0.2, 0.25) is 0 Å². The van der Waals surface area contributed by atoms with Gasteiger partial charge < -0.3 is 10.5 Å². The molecule has 3 aromatic rings. The first-order valence-electron chi connectivity index (χ1n) is 6.33. The van der Waals surface area contributed by atoms with Crippen molar-refractivity contribution in [1.82, 2.24) is 14.6 Å². The molecule has 22 heavy (non-hydrogen) atoms. The van der Waals surface area contributed by atoms with E-state index in [0.29, 0.717) is 17.2 Å². The Kier molecular flexibility index (Phi) is 3.36. The van der Waals surface area contributed by atoms with Crippen LogP contribution in [0.15, 0.2) is 42.6 Å². The predicted molar refractivity (Wildman–Crippen MR) is 73.2 cm³/mol. The van der Waals surface area contributed by atoms with Gasteiger partial charge in [0.1, 0.15) is 12.4 Å². The number of nitrogen functional groups attached to an aromatic ring is 1. The number of benzene rings is 1.